The van der Waals surface area contributed by atoms with Crippen molar-refractivity contribution in [3.63, 3.8) is 0 Å². The normalized spacial score (nSPS) is 14.1. The summed E-state index contributed by atoms with van der Waals surface area (Å²) in [4.78, 5) is 12.2. The molecule has 0 aliphatic heterocycles. The number of nitrogens with zero attached hydrogens (tertiary/aromatic N) is 2. The summed E-state index contributed by atoms with van der Waals surface area (Å²) in [5.41, 5.74) is 4.08. The van der Waals surface area contributed by atoms with Gasteiger partial charge >= 0.3 is 0 Å². The Kier molecular flexibility index (Phi) is 5.67. The number of fused-ring (bicyclic) bond motifs is 1. The number of aromatic amines is 1. The summed E-state index contributed by atoms with van der Waals surface area (Å²) >= 11 is 0. The van der Waals surface area contributed by atoms with Crippen molar-refractivity contribution in [2.45, 2.75) is 38.5 Å². The van der Waals surface area contributed by atoms with Crippen LogP contribution in [0.3, 0.4) is 0 Å². The predicted molar refractivity (Wildman–Crippen MR) is 112 cm³/mol. The molecule has 1 aliphatic rings. The number of para-hydroxylation sites is 1. The van der Waals surface area contributed by atoms with Gasteiger partial charge in [-0.25, -0.2) is 4.98 Å². The molecule has 2 heterocycles. The summed E-state index contributed by atoms with van der Waals surface area (Å²) in [5.74, 6) is 1.56. The van der Waals surface area contributed by atoms with E-state index in [1.165, 1.54) is 42.1 Å². The van der Waals surface area contributed by atoms with Crippen LogP contribution in [0.15, 0.2) is 54.4 Å². The van der Waals surface area contributed by atoms with E-state index < -0.39 is 0 Å². The van der Waals surface area contributed by atoms with Gasteiger partial charge in [-0.2, -0.15) is 4.98 Å². The lowest BCUT2D eigenvalue weighted by Gasteiger charge is -2.13. The highest BCUT2D eigenvalue weighted by atomic mass is 15.1. The molecule has 0 radical (unpaired) electrons. The van der Waals surface area contributed by atoms with Gasteiger partial charge in [-0.1, -0.05) is 29.8 Å². The lowest BCUT2D eigenvalue weighted by Crippen LogP contribution is -2.10. The Balaban J connectivity index is 1.27. The summed E-state index contributed by atoms with van der Waals surface area (Å²) in [5, 5.41) is 8.05. The van der Waals surface area contributed by atoms with Crippen LogP contribution in [0.2, 0.25) is 0 Å². The Morgan fingerprint density at radius 1 is 1.00 bits per heavy atom. The first-order valence-electron chi connectivity index (χ1n) is 9.92. The maximum absolute atomic E-state index is 4.58. The molecule has 3 N–H and O–H groups in total. The van der Waals surface area contributed by atoms with Crippen LogP contribution in [-0.2, 0) is 6.42 Å². The zero-order valence-corrected chi connectivity index (χ0v) is 15.7. The first-order chi connectivity index (χ1) is 13.4. The molecule has 3 aromatic rings. The van der Waals surface area contributed by atoms with E-state index >= 15 is 0 Å². The molecule has 0 fully saturated rings. The average Bonchev–Trinajstić information content (AvgIpc) is 3.13. The Bertz CT molecular complexity index is 912. The van der Waals surface area contributed by atoms with Gasteiger partial charge in [0.05, 0.1) is 0 Å². The van der Waals surface area contributed by atoms with E-state index in [9.17, 15) is 0 Å². The van der Waals surface area contributed by atoms with Crippen LogP contribution in [0.4, 0.5) is 11.8 Å². The molecule has 0 atom stereocenters. The minimum atomic E-state index is 0.678. The SMILES string of the molecule is C1=C(CCNc2ccnc(NCCc3c[nH]c4ccccc34)n2)CCCC1. The zero-order valence-electron chi connectivity index (χ0n) is 15.7. The molecule has 1 aromatic carbocycles. The summed E-state index contributed by atoms with van der Waals surface area (Å²) < 4.78 is 0. The molecule has 5 heteroatoms. The monoisotopic (exact) mass is 361 g/mol. The third kappa shape index (κ3) is 4.67. The van der Waals surface area contributed by atoms with Crippen molar-refractivity contribution >= 4 is 22.7 Å². The van der Waals surface area contributed by atoms with E-state index in [-0.39, 0.29) is 0 Å². The van der Waals surface area contributed by atoms with E-state index in [0.717, 1.165) is 31.7 Å². The highest BCUT2D eigenvalue weighted by Gasteiger charge is 2.05. The molecular formula is C22H27N5. The molecule has 1 aliphatic carbocycles. The Hall–Kier alpha value is -2.82. The van der Waals surface area contributed by atoms with Gasteiger partial charge in [0.2, 0.25) is 5.95 Å². The third-order valence-corrected chi connectivity index (χ3v) is 5.15. The van der Waals surface area contributed by atoms with Gasteiger partial charge in [-0.15, -0.1) is 0 Å². The van der Waals surface area contributed by atoms with Crippen LogP contribution in [0.5, 0.6) is 0 Å². The Morgan fingerprint density at radius 2 is 1.93 bits per heavy atom. The fourth-order valence-electron chi connectivity index (χ4n) is 3.67. The van der Waals surface area contributed by atoms with Crippen molar-refractivity contribution in [2.24, 2.45) is 0 Å². The van der Waals surface area contributed by atoms with Crippen LogP contribution in [-0.4, -0.2) is 28.0 Å². The maximum Gasteiger partial charge on any atom is 0.224 e. The number of aromatic nitrogens is 3. The van der Waals surface area contributed by atoms with Gasteiger partial charge in [-0.3, -0.25) is 0 Å². The fourth-order valence-corrected chi connectivity index (χ4v) is 3.67. The second-order valence-electron chi connectivity index (χ2n) is 7.09. The van der Waals surface area contributed by atoms with E-state index in [2.05, 4.69) is 62.1 Å². The minimum Gasteiger partial charge on any atom is -0.370 e. The summed E-state index contributed by atoms with van der Waals surface area (Å²) in [6.07, 6.45) is 13.5. The molecule has 0 saturated carbocycles. The van der Waals surface area contributed by atoms with Gasteiger partial charge in [-0.05, 0) is 56.2 Å². The smallest absolute Gasteiger partial charge is 0.224 e. The number of hydrogen-bond donors (Lipinski definition) is 3. The molecule has 0 amide bonds. The van der Waals surface area contributed by atoms with Gasteiger partial charge < -0.3 is 15.6 Å². The van der Waals surface area contributed by atoms with Crippen molar-refractivity contribution in [1.82, 2.24) is 15.0 Å². The van der Waals surface area contributed by atoms with Crippen molar-refractivity contribution < 1.29 is 0 Å². The molecule has 2 aromatic heterocycles. The Labute approximate surface area is 160 Å². The van der Waals surface area contributed by atoms with Gasteiger partial charge in [0.25, 0.3) is 0 Å². The fraction of sp³-hybridized carbons (Fsp3) is 0.364. The number of nitrogens with one attached hydrogen (secondary N) is 3. The molecular weight excluding hydrogens is 334 g/mol. The molecule has 0 bridgehead atoms. The molecule has 27 heavy (non-hydrogen) atoms. The lowest BCUT2D eigenvalue weighted by atomic mass is 9.97. The minimum absolute atomic E-state index is 0.678. The van der Waals surface area contributed by atoms with Gasteiger partial charge in [0, 0.05) is 36.4 Å². The van der Waals surface area contributed by atoms with E-state index in [1.807, 2.05) is 12.3 Å². The Morgan fingerprint density at radius 3 is 2.85 bits per heavy atom. The molecule has 4 rings (SSSR count). The molecule has 0 unspecified atom stereocenters. The number of anilines is 2. The van der Waals surface area contributed by atoms with Gasteiger partial charge in [0.15, 0.2) is 0 Å². The van der Waals surface area contributed by atoms with Crippen LogP contribution >= 0.6 is 0 Å². The zero-order chi connectivity index (χ0) is 18.3. The second-order valence-corrected chi connectivity index (χ2v) is 7.09. The van der Waals surface area contributed by atoms with Gasteiger partial charge in [0.1, 0.15) is 5.82 Å². The average molecular weight is 361 g/mol. The van der Waals surface area contributed by atoms with Crippen LogP contribution in [0.25, 0.3) is 10.9 Å². The molecule has 140 valence electrons. The van der Waals surface area contributed by atoms with Crippen LogP contribution in [0.1, 0.15) is 37.7 Å². The quantitative estimate of drug-likeness (QED) is 0.499. The van der Waals surface area contributed by atoms with E-state index in [0.29, 0.717) is 5.95 Å². The molecule has 0 saturated heterocycles. The predicted octanol–water partition coefficient (Wildman–Crippen LogP) is 4.91. The van der Waals surface area contributed by atoms with E-state index in [4.69, 9.17) is 0 Å². The summed E-state index contributed by atoms with van der Waals surface area (Å²) in [7, 11) is 0. The lowest BCUT2D eigenvalue weighted by molar-refractivity contribution is 0.679. The largest absolute Gasteiger partial charge is 0.370 e. The third-order valence-electron chi connectivity index (χ3n) is 5.15. The van der Waals surface area contributed by atoms with Crippen LogP contribution < -0.4 is 10.6 Å². The van der Waals surface area contributed by atoms with Crippen molar-refractivity contribution in [2.75, 3.05) is 23.7 Å². The van der Waals surface area contributed by atoms with Crippen LogP contribution in [0, 0.1) is 0 Å². The standard InChI is InChI=1S/C22H27N5/c1-2-6-17(7-3-1)10-13-23-21-12-15-25-22(27-21)24-14-11-18-16-26-20-9-5-4-8-19(18)20/h4-6,8-9,12,15-16,26H,1-3,7,10-11,13-14H2,(H2,23,24,25,27). The number of benzene rings is 1. The first-order valence-corrected chi connectivity index (χ1v) is 9.92. The number of rotatable bonds is 8. The molecule has 0 spiro atoms. The highest BCUT2D eigenvalue weighted by molar-refractivity contribution is 5.83. The first kappa shape index (κ1) is 17.6. The summed E-state index contributed by atoms with van der Waals surface area (Å²) in [6.45, 7) is 1.73. The highest BCUT2D eigenvalue weighted by Crippen LogP contribution is 2.20. The van der Waals surface area contributed by atoms with Crippen molar-refractivity contribution in [1.29, 1.82) is 0 Å². The molecule has 5 nitrogen and oxygen atoms in total. The topological polar surface area (TPSA) is 65.6 Å². The number of allylic oxidation sites excluding steroid dienone is 1. The van der Waals surface area contributed by atoms with E-state index in [1.54, 1.807) is 5.57 Å². The maximum atomic E-state index is 4.58. The second kappa shape index (κ2) is 8.71. The van der Waals surface area contributed by atoms with Crippen molar-refractivity contribution in [3.8, 4) is 0 Å². The summed E-state index contributed by atoms with van der Waals surface area (Å²) in [6, 6.07) is 10.3. The number of H-pyrrole nitrogens is 1. The number of hydrogen-bond acceptors (Lipinski definition) is 4. The van der Waals surface area contributed by atoms with Crippen molar-refractivity contribution in [3.05, 3.63) is 59.9 Å².